The minimum atomic E-state index is -1.21. The van der Waals surface area contributed by atoms with Crippen LogP contribution >= 0.6 is 0 Å². The summed E-state index contributed by atoms with van der Waals surface area (Å²) >= 11 is 0. The second kappa shape index (κ2) is 3.15. The smallest absolute Gasteiger partial charge is 0.172 e. The van der Waals surface area contributed by atoms with Crippen molar-refractivity contribution in [2.75, 3.05) is 6.61 Å². The number of nitrogens with zero attached hydrogens (tertiary/aromatic N) is 1. The first kappa shape index (κ1) is 8.43. The van der Waals surface area contributed by atoms with Crippen molar-refractivity contribution in [3.8, 4) is 6.07 Å². The fraction of sp³-hybridized carbons (Fsp3) is 0.833. The van der Waals surface area contributed by atoms with Crippen molar-refractivity contribution >= 4 is 0 Å². The second-order valence-corrected chi connectivity index (χ2v) is 2.39. The van der Waals surface area contributed by atoms with Crippen LogP contribution in [0.4, 0.5) is 0 Å². The molecule has 1 aliphatic heterocycles. The molecule has 0 aromatic heterocycles. The molecule has 5 heteroatoms. The molecular formula is C6H9NO4. The number of hydrogen-bond donors (Lipinski definition) is 3. The third kappa shape index (κ3) is 1.34. The van der Waals surface area contributed by atoms with Gasteiger partial charge in [0.1, 0.15) is 18.3 Å². The van der Waals surface area contributed by atoms with E-state index in [0.29, 0.717) is 0 Å². The highest BCUT2D eigenvalue weighted by Gasteiger charge is 2.42. The highest BCUT2D eigenvalue weighted by molar-refractivity contribution is 5.01. The highest BCUT2D eigenvalue weighted by atomic mass is 16.6. The molecule has 0 amide bonds. The molecule has 0 aliphatic carbocycles. The Labute approximate surface area is 63.4 Å². The standard InChI is InChI=1S/C6H9NO4/c7-1-3-5(9)6(10)4(2-8)11-3/h3-6,8-10H,2H2/t3-,4+,5?,6-/m0/s1. The lowest BCUT2D eigenvalue weighted by Gasteiger charge is -2.09. The van der Waals surface area contributed by atoms with Crippen molar-refractivity contribution in [1.29, 1.82) is 5.26 Å². The molecule has 0 aromatic carbocycles. The summed E-state index contributed by atoms with van der Waals surface area (Å²) in [6.07, 6.45) is -4.24. The zero-order chi connectivity index (χ0) is 8.43. The maximum absolute atomic E-state index is 9.07. The lowest BCUT2D eigenvalue weighted by Crippen LogP contribution is -2.33. The first-order valence-corrected chi connectivity index (χ1v) is 3.22. The SMILES string of the molecule is N#C[C@@H]1O[C@H](CO)[C@H](O)C1O. The summed E-state index contributed by atoms with van der Waals surface area (Å²) in [4.78, 5) is 0. The summed E-state index contributed by atoms with van der Waals surface area (Å²) in [5, 5.41) is 35.0. The van der Waals surface area contributed by atoms with Crippen LogP contribution in [0, 0.1) is 11.3 Å². The Morgan fingerprint density at radius 3 is 2.27 bits per heavy atom. The van der Waals surface area contributed by atoms with Crippen LogP contribution in [-0.4, -0.2) is 46.3 Å². The van der Waals surface area contributed by atoms with Crippen LogP contribution < -0.4 is 0 Å². The van der Waals surface area contributed by atoms with Gasteiger partial charge in [0.15, 0.2) is 6.10 Å². The van der Waals surface area contributed by atoms with Crippen molar-refractivity contribution in [3.63, 3.8) is 0 Å². The lowest BCUT2D eigenvalue weighted by atomic mass is 10.1. The third-order valence-corrected chi connectivity index (χ3v) is 1.67. The second-order valence-electron chi connectivity index (χ2n) is 2.39. The van der Waals surface area contributed by atoms with E-state index in [1.54, 1.807) is 6.07 Å². The van der Waals surface area contributed by atoms with Crippen molar-refractivity contribution in [3.05, 3.63) is 0 Å². The molecule has 0 saturated carbocycles. The average Bonchev–Trinajstić information content (AvgIpc) is 2.30. The Kier molecular flexibility index (Phi) is 2.42. The molecule has 1 unspecified atom stereocenters. The summed E-state index contributed by atoms with van der Waals surface area (Å²) in [5.41, 5.74) is 0. The summed E-state index contributed by atoms with van der Waals surface area (Å²) in [6, 6.07) is 1.67. The van der Waals surface area contributed by atoms with Gasteiger partial charge in [0, 0.05) is 0 Å². The van der Waals surface area contributed by atoms with Crippen LogP contribution in [0.15, 0.2) is 0 Å². The fourth-order valence-electron chi connectivity index (χ4n) is 1.01. The maximum atomic E-state index is 9.07. The summed E-state index contributed by atoms with van der Waals surface area (Å²) < 4.78 is 4.77. The number of aliphatic hydroxyl groups is 3. The molecule has 1 saturated heterocycles. The van der Waals surface area contributed by atoms with Crippen LogP contribution in [0.25, 0.3) is 0 Å². The average molecular weight is 159 g/mol. The molecule has 11 heavy (non-hydrogen) atoms. The van der Waals surface area contributed by atoms with Gasteiger partial charge >= 0.3 is 0 Å². The first-order chi connectivity index (χ1) is 5.20. The monoisotopic (exact) mass is 159 g/mol. The van der Waals surface area contributed by atoms with E-state index < -0.39 is 31.0 Å². The molecule has 1 rings (SSSR count). The van der Waals surface area contributed by atoms with Gasteiger partial charge in [0.2, 0.25) is 0 Å². The molecule has 1 fully saturated rings. The number of ether oxygens (including phenoxy) is 1. The normalized spacial score (nSPS) is 43.8. The van der Waals surface area contributed by atoms with Crippen molar-refractivity contribution in [2.24, 2.45) is 0 Å². The van der Waals surface area contributed by atoms with E-state index in [9.17, 15) is 0 Å². The van der Waals surface area contributed by atoms with Crippen LogP contribution in [-0.2, 0) is 4.74 Å². The van der Waals surface area contributed by atoms with Crippen LogP contribution in [0.3, 0.4) is 0 Å². The Bertz CT molecular complexity index is 178. The molecule has 3 N–H and O–H groups in total. The molecular weight excluding hydrogens is 150 g/mol. The Hall–Kier alpha value is -0.670. The zero-order valence-corrected chi connectivity index (χ0v) is 5.71. The zero-order valence-electron chi connectivity index (χ0n) is 5.71. The van der Waals surface area contributed by atoms with Crippen LogP contribution in [0.2, 0.25) is 0 Å². The highest BCUT2D eigenvalue weighted by Crippen LogP contribution is 2.19. The molecule has 4 atom stereocenters. The molecule has 0 spiro atoms. The molecule has 0 aromatic rings. The van der Waals surface area contributed by atoms with Gasteiger partial charge < -0.3 is 20.1 Å². The van der Waals surface area contributed by atoms with E-state index >= 15 is 0 Å². The molecule has 1 aliphatic rings. The number of hydrogen-bond acceptors (Lipinski definition) is 5. The van der Waals surface area contributed by atoms with Gasteiger partial charge in [0.25, 0.3) is 0 Å². The van der Waals surface area contributed by atoms with E-state index in [0.717, 1.165) is 0 Å². The quantitative estimate of drug-likeness (QED) is 0.411. The predicted octanol–water partition coefficient (Wildman–Crippen LogP) is -2.01. The van der Waals surface area contributed by atoms with Crippen molar-refractivity contribution in [2.45, 2.75) is 24.4 Å². The van der Waals surface area contributed by atoms with E-state index in [-0.39, 0.29) is 0 Å². The predicted molar refractivity (Wildman–Crippen MR) is 33.4 cm³/mol. The largest absolute Gasteiger partial charge is 0.394 e. The Balaban J connectivity index is 2.62. The number of nitriles is 1. The fourth-order valence-corrected chi connectivity index (χ4v) is 1.01. The molecule has 5 nitrogen and oxygen atoms in total. The molecule has 0 bridgehead atoms. The summed E-state index contributed by atoms with van der Waals surface area (Å²) in [5.74, 6) is 0. The van der Waals surface area contributed by atoms with E-state index in [2.05, 4.69) is 0 Å². The van der Waals surface area contributed by atoms with Gasteiger partial charge in [-0.25, -0.2) is 0 Å². The van der Waals surface area contributed by atoms with E-state index in [1.807, 2.05) is 0 Å². The van der Waals surface area contributed by atoms with Crippen molar-refractivity contribution in [1.82, 2.24) is 0 Å². The van der Waals surface area contributed by atoms with Crippen LogP contribution in [0.1, 0.15) is 0 Å². The van der Waals surface area contributed by atoms with Crippen molar-refractivity contribution < 1.29 is 20.1 Å². The van der Waals surface area contributed by atoms with Gasteiger partial charge in [-0.2, -0.15) is 5.26 Å². The van der Waals surface area contributed by atoms with E-state index in [4.69, 9.17) is 25.3 Å². The Morgan fingerprint density at radius 2 is 2.00 bits per heavy atom. The first-order valence-electron chi connectivity index (χ1n) is 3.22. The third-order valence-electron chi connectivity index (χ3n) is 1.67. The van der Waals surface area contributed by atoms with Crippen LogP contribution in [0.5, 0.6) is 0 Å². The lowest BCUT2D eigenvalue weighted by molar-refractivity contribution is -0.0113. The topological polar surface area (TPSA) is 93.7 Å². The minimum Gasteiger partial charge on any atom is -0.394 e. The van der Waals surface area contributed by atoms with Gasteiger partial charge in [-0.1, -0.05) is 0 Å². The summed E-state index contributed by atoms with van der Waals surface area (Å²) in [7, 11) is 0. The maximum Gasteiger partial charge on any atom is 0.172 e. The minimum absolute atomic E-state index is 0.392. The molecule has 62 valence electrons. The van der Waals surface area contributed by atoms with Gasteiger partial charge in [0.05, 0.1) is 12.7 Å². The molecule has 0 radical (unpaired) electrons. The molecule has 1 heterocycles. The number of aliphatic hydroxyl groups excluding tert-OH is 3. The van der Waals surface area contributed by atoms with Gasteiger partial charge in [-0.05, 0) is 0 Å². The summed E-state index contributed by atoms with van der Waals surface area (Å²) in [6.45, 7) is -0.392. The van der Waals surface area contributed by atoms with Gasteiger partial charge in [-0.3, -0.25) is 0 Å². The van der Waals surface area contributed by atoms with E-state index in [1.165, 1.54) is 0 Å². The Morgan fingerprint density at radius 1 is 1.36 bits per heavy atom. The number of rotatable bonds is 1. The van der Waals surface area contributed by atoms with Gasteiger partial charge in [-0.15, -0.1) is 0 Å².